The molecule has 2 heteroatoms. The second-order valence-electron chi connectivity index (χ2n) is 1.41. The summed E-state index contributed by atoms with van der Waals surface area (Å²) in [6.07, 6.45) is 0. The number of anilines is 1. The van der Waals surface area contributed by atoms with Gasteiger partial charge in [-0.3, -0.25) is 0 Å². The molecule has 0 aromatic heterocycles. The third-order valence-corrected chi connectivity index (χ3v) is 0.800. The largest absolute Gasteiger partial charge is 0.399 e. The highest BCUT2D eigenvalue weighted by Gasteiger charge is 1.72. The third-order valence-electron chi connectivity index (χ3n) is 0.800. The number of halogens is 1. The van der Waals surface area contributed by atoms with E-state index in [0.717, 1.165) is 5.69 Å². The standard InChI is InChI=1S/C6H7N.ClH/c7-6-4-2-1-3-5-6;/h1-5H,7H2;1H/i1+1,2+1,3+1,4+1,5+1,6+1;. The third kappa shape index (κ3) is 1.85. The molecule has 0 atom stereocenters. The van der Waals surface area contributed by atoms with Gasteiger partial charge in [-0.2, -0.15) is 0 Å². The molecule has 0 radical (unpaired) electrons. The Balaban J connectivity index is 0.000000490. The second kappa shape index (κ2) is 3.33. The normalized spacial score (nSPS) is 7.50. The molecule has 1 aromatic carbocycles. The van der Waals surface area contributed by atoms with Crippen LogP contribution in [-0.4, -0.2) is 0 Å². The fourth-order valence-electron chi connectivity index (χ4n) is 0.453. The van der Waals surface area contributed by atoms with Crippen LogP contribution in [0, 0.1) is 0 Å². The van der Waals surface area contributed by atoms with Crippen molar-refractivity contribution in [3.05, 3.63) is 30.3 Å². The minimum Gasteiger partial charge on any atom is -0.399 e. The Morgan fingerprint density at radius 2 is 1.50 bits per heavy atom. The molecule has 0 aliphatic heterocycles. The monoisotopic (exact) mass is 135 g/mol. The molecule has 0 fully saturated rings. The molecule has 0 aliphatic rings. The van der Waals surface area contributed by atoms with E-state index in [2.05, 4.69) is 0 Å². The fourth-order valence-corrected chi connectivity index (χ4v) is 0.453. The maximum atomic E-state index is 5.36. The van der Waals surface area contributed by atoms with Gasteiger partial charge in [-0.15, -0.1) is 12.4 Å². The van der Waals surface area contributed by atoms with E-state index in [-0.39, 0.29) is 12.4 Å². The summed E-state index contributed by atoms with van der Waals surface area (Å²) in [5.41, 5.74) is 6.18. The van der Waals surface area contributed by atoms with Gasteiger partial charge in [0.15, 0.2) is 0 Å². The van der Waals surface area contributed by atoms with Crippen molar-refractivity contribution in [2.75, 3.05) is 5.73 Å². The molecule has 1 nitrogen and oxygen atoms in total. The van der Waals surface area contributed by atoms with Gasteiger partial charge in [0.2, 0.25) is 0 Å². The highest BCUT2D eigenvalue weighted by molar-refractivity contribution is 5.85. The van der Waals surface area contributed by atoms with Crippen molar-refractivity contribution in [1.82, 2.24) is 0 Å². The Kier molecular flexibility index (Phi) is 3.04. The van der Waals surface area contributed by atoms with Gasteiger partial charge in [-0.25, -0.2) is 0 Å². The summed E-state index contributed by atoms with van der Waals surface area (Å²) in [6.45, 7) is 0. The highest BCUT2D eigenvalue weighted by atomic mass is 35.5. The zero-order chi connectivity index (χ0) is 5.11. The first-order chi connectivity index (χ1) is 3.39. The average Bonchev–Trinajstić information content (AvgIpc) is 1.69. The van der Waals surface area contributed by atoms with Crippen LogP contribution < -0.4 is 5.73 Å². The molecular weight excluding hydrogens is 127 g/mol. The molecule has 0 aliphatic carbocycles. The van der Waals surface area contributed by atoms with Crippen molar-refractivity contribution >= 4 is 18.1 Å². The van der Waals surface area contributed by atoms with Crippen molar-refractivity contribution < 1.29 is 0 Å². The maximum Gasteiger partial charge on any atom is 0.0313 e. The van der Waals surface area contributed by atoms with E-state index in [9.17, 15) is 0 Å². The van der Waals surface area contributed by atoms with Gasteiger partial charge in [0.1, 0.15) is 0 Å². The first-order valence-electron chi connectivity index (χ1n) is 2.20. The quantitative estimate of drug-likeness (QED) is 0.539. The van der Waals surface area contributed by atoms with Crippen LogP contribution in [0.5, 0.6) is 0 Å². The van der Waals surface area contributed by atoms with Gasteiger partial charge in [-0.1, -0.05) is 18.2 Å². The molecule has 0 unspecified atom stereocenters. The lowest BCUT2D eigenvalue weighted by Gasteiger charge is -1.83. The predicted octanol–water partition coefficient (Wildman–Crippen LogP) is 1.69. The molecule has 8 heavy (non-hydrogen) atoms. The Labute approximate surface area is 54.9 Å². The zero-order valence-electron chi connectivity index (χ0n) is 4.37. The molecule has 0 amide bonds. The summed E-state index contributed by atoms with van der Waals surface area (Å²) in [4.78, 5) is 0. The first kappa shape index (κ1) is 7.31. The summed E-state index contributed by atoms with van der Waals surface area (Å²) in [5.74, 6) is 0. The lowest BCUT2D eigenvalue weighted by atomic mass is 11.3. The summed E-state index contributed by atoms with van der Waals surface area (Å²) >= 11 is 0. The van der Waals surface area contributed by atoms with Crippen molar-refractivity contribution in [2.45, 2.75) is 0 Å². The molecule has 0 saturated heterocycles. The van der Waals surface area contributed by atoms with E-state index in [4.69, 9.17) is 5.73 Å². The van der Waals surface area contributed by atoms with Crippen molar-refractivity contribution in [3.8, 4) is 0 Å². The number of para-hydroxylation sites is 1. The Morgan fingerprint density at radius 3 is 1.75 bits per heavy atom. The topological polar surface area (TPSA) is 26.0 Å². The number of hydrogen-bond donors (Lipinski definition) is 1. The van der Waals surface area contributed by atoms with Crippen LogP contribution in [0.2, 0.25) is 0 Å². The lowest BCUT2D eigenvalue weighted by molar-refractivity contribution is 1.69. The molecule has 1 rings (SSSR count). The molecule has 0 spiro atoms. The smallest absolute Gasteiger partial charge is 0.0313 e. The predicted molar refractivity (Wildman–Crippen MR) is 38.1 cm³/mol. The molecule has 1 aromatic rings. The van der Waals surface area contributed by atoms with Gasteiger partial charge >= 0.3 is 0 Å². The van der Waals surface area contributed by atoms with Gasteiger partial charge in [-0.05, 0) is 12.1 Å². The van der Waals surface area contributed by atoms with Crippen molar-refractivity contribution in [1.29, 1.82) is 0 Å². The number of nitrogens with two attached hydrogens (primary N) is 1. The van der Waals surface area contributed by atoms with Gasteiger partial charge in [0, 0.05) is 5.69 Å². The fraction of sp³-hybridized carbons (Fsp3) is 0. The lowest BCUT2D eigenvalue weighted by Crippen LogP contribution is -1.79. The van der Waals surface area contributed by atoms with E-state index in [1.54, 1.807) is 0 Å². The van der Waals surface area contributed by atoms with E-state index < -0.39 is 0 Å². The maximum absolute atomic E-state index is 5.36. The summed E-state index contributed by atoms with van der Waals surface area (Å²) in [6, 6.07) is 9.49. The average molecular weight is 136 g/mol. The van der Waals surface area contributed by atoms with E-state index in [0.29, 0.717) is 0 Å². The van der Waals surface area contributed by atoms with Crippen LogP contribution in [0.25, 0.3) is 0 Å². The molecular formula is C6H8ClN. The molecule has 0 bridgehead atoms. The van der Waals surface area contributed by atoms with Gasteiger partial charge in [0.05, 0.1) is 0 Å². The summed E-state index contributed by atoms with van der Waals surface area (Å²) in [7, 11) is 0. The Morgan fingerprint density at radius 1 is 1.00 bits per heavy atom. The second-order valence-corrected chi connectivity index (χ2v) is 1.41. The van der Waals surface area contributed by atoms with Crippen LogP contribution in [0.3, 0.4) is 0 Å². The van der Waals surface area contributed by atoms with Crippen LogP contribution in [0.15, 0.2) is 30.3 Å². The molecule has 0 saturated carbocycles. The minimum atomic E-state index is 0. The SMILES string of the molecule is Cl.N[13c]1[13cH][13cH][13cH][13cH][13cH]1. The molecule has 2 N–H and O–H groups in total. The van der Waals surface area contributed by atoms with Crippen LogP contribution in [0.1, 0.15) is 0 Å². The van der Waals surface area contributed by atoms with E-state index in [1.165, 1.54) is 0 Å². The summed E-state index contributed by atoms with van der Waals surface area (Å²) < 4.78 is 0. The van der Waals surface area contributed by atoms with Crippen LogP contribution >= 0.6 is 12.4 Å². The van der Waals surface area contributed by atoms with Crippen molar-refractivity contribution in [3.63, 3.8) is 0 Å². The van der Waals surface area contributed by atoms with E-state index >= 15 is 0 Å². The number of nitrogen functional groups attached to an aromatic ring is 1. The molecule has 44 valence electrons. The first-order valence-corrected chi connectivity index (χ1v) is 2.20. The molecule has 0 heterocycles. The van der Waals surface area contributed by atoms with Crippen LogP contribution in [0.4, 0.5) is 5.69 Å². The minimum absolute atomic E-state index is 0. The van der Waals surface area contributed by atoms with E-state index in [1.807, 2.05) is 30.3 Å². The highest BCUT2D eigenvalue weighted by Crippen LogP contribution is 1.95. The zero-order valence-corrected chi connectivity index (χ0v) is 5.19. The van der Waals surface area contributed by atoms with Crippen molar-refractivity contribution in [2.24, 2.45) is 0 Å². The number of hydrogen-bond acceptors (Lipinski definition) is 1. The summed E-state index contributed by atoms with van der Waals surface area (Å²) in [5, 5.41) is 0. The number of benzene rings is 1. The number of rotatable bonds is 0. The van der Waals surface area contributed by atoms with Gasteiger partial charge in [0.25, 0.3) is 0 Å². The van der Waals surface area contributed by atoms with Crippen LogP contribution in [-0.2, 0) is 0 Å². The van der Waals surface area contributed by atoms with Gasteiger partial charge < -0.3 is 5.73 Å². The Hall–Kier alpha value is -0.690. The Bertz CT molecular complexity index is 138.